The molecule has 2 rings (SSSR count). The maximum absolute atomic E-state index is 6.55. The van der Waals surface area contributed by atoms with E-state index in [1.54, 1.807) is 0 Å². The summed E-state index contributed by atoms with van der Waals surface area (Å²) in [5, 5.41) is 0. The van der Waals surface area contributed by atoms with Crippen molar-refractivity contribution in [2.75, 3.05) is 0 Å². The van der Waals surface area contributed by atoms with Crippen molar-refractivity contribution >= 4 is 0 Å². The lowest BCUT2D eigenvalue weighted by Gasteiger charge is -2.21. The monoisotopic (exact) mass is 281 g/mol. The minimum absolute atomic E-state index is 0.0608. The molecule has 112 valence electrons. The highest BCUT2D eigenvalue weighted by atomic mass is 14.6. The minimum Gasteiger partial charge on any atom is -0.324 e. The van der Waals surface area contributed by atoms with Gasteiger partial charge < -0.3 is 5.73 Å². The molecule has 0 bridgehead atoms. The Morgan fingerprint density at radius 2 is 1.33 bits per heavy atom. The van der Waals surface area contributed by atoms with Crippen molar-refractivity contribution in [3.8, 4) is 0 Å². The lowest BCUT2D eigenvalue weighted by Crippen LogP contribution is -2.17. The highest BCUT2D eigenvalue weighted by molar-refractivity contribution is 5.46. The molecule has 2 aromatic carbocycles. The van der Waals surface area contributed by atoms with Crippen LogP contribution in [0.15, 0.2) is 24.3 Å². The van der Waals surface area contributed by atoms with Gasteiger partial charge in [0.1, 0.15) is 0 Å². The Bertz CT molecular complexity index is 642. The third-order valence-electron chi connectivity index (χ3n) is 4.82. The summed E-state index contributed by atoms with van der Waals surface area (Å²) in [5.74, 6) is 0. The zero-order valence-electron chi connectivity index (χ0n) is 14.2. The maximum Gasteiger partial charge on any atom is 0.0341 e. The Hall–Kier alpha value is -1.60. The second-order valence-electron chi connectivity index (χ2n) is 6.40. The summed E-state index contributed by atoms with van der Waals surface area (Å²) in [6.45, 7) is 13.0. The van der Waals surface area contributed by atoms with Crippen molar-refractivity contribution in [3.05, 3.63) is 68.8 Å². The second-order valence-corrected chi connectivity index (χ2v) is 6.40. The molecular weight excluding hydrogens is 254 g/mol. The van der Waals surface area contributed by atoms with Crippen LogP contribution in [-0.4, -0.2) is 0 Å². The third-order valence-corrected chi connectivity index (χ3v) is 4.82. The number of benzene rings is 2. The molecule has 21 heavy (non-hydrogen) atoms. The Morgan fingerprint density at radius 1 is 0.762 bits per heavy atom. The van der Waals surface area contributed by atoms with Gasteiger partial charge in [0.05, 0.1) is 0 Å². The SMILES string of the molecule is Cc1ccc(CC(N)c2c(C)c(C)cc(C)c2C)cc1C. The van der Waals surface area contributed by atoms with E-state index in [1.165, 1.54) is 44.5 Å². The van der Waals surface area contributed by atoms with Crippen LogP contribution in [0.3, 0.4) is 0 Å². The molecule has 2 N–H and O–H groups in total. The summed E-state index contributed by atoms with van der Waals surface area (Å²) >= 11 is 0. The van der Waals surface area contributed by atoms with E-state index in [2.05, 4.69) is 65.8 Å². The highest BCUT2D eigenvalue weighted by Gasteiger charge is 2.16. The second kappa shape index (κ2) is 6.03. The molecule has 0 aliphatic heterocycles. The first-order valence-corrected chi connectivity index (χ1v) is 7.70. The van der Waals surface area contributed by atoms with Crippen LogP contribution in [0.2, 0.25) is 0 Å². The van der Waals surface area contributed by atoms with E-state index in [0.29, 0.717) is 0 Å². The van der Waals surface area contributed by atoms with Crippen LogP contribution < -0.4 is 5.73 Å². The third kappa shape index (κ3) is 3.19. The van der Waals surface area contributed by atoms with Gasteiger partial charge in [0, 0.05) is 6.04 Å². The van der Waals surface area contributed by atoms with Gasteiger partial charge in [0.2, 0.25) is 0 Å². The lowest BCUT2D eigenvalue weighted by molar-refractivity contribution is 0.708. The first-order chi connectivity index (χ1) is 9.81. The van der Waals surface area contributed by atoms with E-state index in [4.69, 9.17) is 5.73 Å². The van der Waals surface area contributed by atoms with Gasteiger partial charge in [-0.1, -0.05) is 24.3 Å². The fourth-order valence-corrected chi connectivity index (χ4v) is 3.09. The molecule has 0 spiro atoms. The molecule has 0 saturated heterocycles. The van der Waals surface area contributed by atoms with Gasteiger partial charge in [-0.3, -0.25) is 0 Å². The fraction of sp³-hybridized carbons (Fsp3) is 0.400. The standard InChI is InChI=1S/C20H27N/c1-12-7-8-18(10-13(12)2)11-19(21)20-16(5)14(3)9-15(4)17(20)6/h7-10,19H,11,21H2,1-6H3. The van der Waals surface area contributed by atoms with E-state index < -0.39 is 0 Å². The molecular formula is C20H27N. The summed E-state index contributed by atoms with van der Waals surface area (Å²) in [5.41, 5.74) is 17.2. The number of aryl methyl sites for hydroxylation is 4. The van der Waals surface area contributed by atoms with Gasteiger partial charge in [0.15, 0.2) is 0 Å². The topological polar surface area (TPSA) is 26.0 Å². The molecule has 1 heteroatoms. The lowest BCUT2D eigenvalue weighted by atomic mass is 9.87. The first-order valence-electron chi connectivity index (χ1n) is 7.70. The zero-order chi connectivity index (χ0) is 15.7. The molecule has 0 aromatic heterocycles. The van der Waals surface area contributed by atoms with Gasteiger partial charge in [-0.05, 0) is 92.5 Å². The number of hydrogen-bond donors (Lipinski definition) is 1. The molecule has 1 nitrogen and oxygen atoms in total. The van der Waals surface area contributed by atoms with Crippen LogP contribution in [0.1, 0.15) is 50.5 Å². The number of rotatable bonds is 3. The summed E-state index contributed by atoms with van der Waals surface area (Å²) in [4.78, 5) is 0. The molecule has 0 saturated carbocycles. The molecule has 0 fully saturated rings. The Balaban J connectivity index is 2.36. The molecule has 2 aromatic rings. The normalized spacial score (nSPS) is 12.5. The van der Waals surface area contributed by atoms with Crippen molar-refractivity contribution in [1.29, 1.82) is 0 Å². The average Bonchev–Trinajstić information content (AvgIpc) is 2.41. The van der Waals surface area contributed by atoms with Gasteiger partial charge in [-0.2, -0.15) is 0 Å². The van der Waals surface area contributed by atoms with E-state index in [9.17, 15) is 0 Å². The summed E-state index contributed by atoms with van der Waals surface area (Å²) in [7, 11) is 0. The molecule has 0 radical (unpaired) electrons. The Kier molecular flexibility index (Phi) is 4.53. The van der Waals surface area contributed by atoms with Crippen LogP contribution in [-0.2, 0) is 6.42 Å². The summed E-state index contributed by atoms with van der Waals surface area (Å²) < 4.78 is 0. The molecule has 0 aliphatic rings. The Labute approximate surface area is 129 Å². The highest BCUT2D eigenvalue weighted by Crippen LogP contribution is 2.28. The first kappa shape index (κ1) is 15.8. The molecule has 0 amide bonds. The van der Waals surface area contributed by atoms with Crippen molar-refractivity contribution in [1.82, 2.24) is 0 Å². The van der Waals surface area contributed by atoms with E-state index >= 15 is 0 Å². The van der Waals surface area contributed by atoms with E-state index in [-0.39, 0.29) is 6.04 Å². The van der Waals surface area contributed by atoms with Crippen LogP contribution in [0.25, 0.3) is 0 Å². The summed E-state index contributed by atoms with van der Waals surface area (Å²) in [6, 6.07) is 8.98. The van der Waals surface area contributed by atoms with Gasteiger partial charge in [-0.25, -0.2) is 0 Å². The molecule has 0 aliphatic carbocycles. The predicted molar refractivity (Wildman–Crippen MR) is 91.9 cm³/mol. The van der Waals surface area contributed by atoms with Crippen molar-refractivity contribution in [2.24, 2.45) is 5.73 Å². The zero-order valence-corrected chi connectivity index (χ0v) is 14.2. The van der Waals surface area contributed by atoms with Gasteiger partial charge in [0.25, 0.3) is 0 Å². The minimum atomic E-state index is 0.0608. The van der Waals surface area contributed by atoms with Crippen molar-refractivity contribution in [3.63, 3.8) is 0 Å². The molecule has 1 atom stereocenters. The number of nitrogens with two attached hydrogens (primary N) is 1. The van der Waals surface area contributed by atoms with Crippen LogP contribution in [0.4, 0.5) is 0 Å². The summed E-state index contributed by atoms with van der Waals surface area (Å²) in [6.07, 6.45) is 0.895. The average molecular weight is 281 g/mol. The van der Waals surface area contributed by atoms with Crippen LogP contribution in [0.5, 0.6) is 0 Å². The van der Waals surface area contributed by atoms with Crippen LogP contribution >= 0.6 is 0 Å². The van der Waals surface area contributed by atoms with Crippen LogP contribution in [0, 0.1) is 41.5 Å². The predicted octanol–water partition coefficient (Wildman–Crippen LogP) is 4.78. The Morgan fingerprint density at radius 3 is 1.86 bits per heavy atom. The quantitative estimate of drug-likeness (QED) is 0.861. The van der Waals surface area contributed by atoms with E-state index in [0.717, 1.165) is 6.42 Å². The van der Waals surface area contributed by atoms with Crippen molar-refractivity contribution in [2.45, 2.75) is 54.0 Å². The number of hydrogen-bond acceptors (Lipinski definition) is 1. The fourth-order valence-electron chi connectivity index (χ4n) is 3.09. The molecule has 0 heterocycles. The maximum atomic E-state index is 6.55. The van der Waals surface area contributed by atoms with E-state index in [1.807, 2.05) is 0 Å². The van der Waals surface area contributed by atoms with Gasteiger partial charge >= 0.3 is 0 Å². The van der Waals surface area contributed by atoms with Crippen molar-refractivity contribution < 1.29 is 0 Å². The smallest absolute Gasteiger partial charge is 0.0341 e. The van der Waals surface area contributed by atoms with Gasteiger partial charge in [-0.15, -0.1) is 0 Å². The molecule has 1 unspecified atom stereocenters. The largest absolute Gasteiger partial charge is 0.324 e.